The number of aromatic nitrogens is 2. The number of nitrogens with zero attached hydrogens (tertiary/aromatic N) is 2. The van der Waals surface area contributed by atoms with Crippen molar-refractivity contribution in [2.24, 2.45) is 0 Å². The molecule has 0 unspecified atom stereocenters. The molecule has 0 spiro atoms. The Morgan fingerprint density at radius 2 is 1.14 bits per heavy atom. The first-order chi connectivity index (χ1) is 10.9. The highest BCUT2D eigenvalue weighted by Gasteiger charge is 2.00. The summed E-state index contributed by atoms with van der Waals surface area (Å²) >= 11 is 0. The standard InChI is InChI=1S/C12H8N2.C3H8O.2C2H6/c1-3-9-5-6-10-4-2-8-14-12(10)11(9)13-7-1;1-3-4-2;2*1-2/h1-8H;3H2,1-2H3;2*1-2H3. The summed E-state index contributed by atoms with van der Waals surface area (Å²) in [6.07, 6.45) is 3.60. The largest absolute Gasteiger partial charge is 0.385 e. The van der Waals surface area contributed by atoms with Crippen LogP contribution in [0.15, 0.2) is 48.8 Å². The molecular weight excluding hydrogens is 272 g/mol. The molecule has 2 aromatic heterocycles. The molecule has 0 aliphatic carbocycles. The average Bonchev–Trinajstić information content (AvgIpc) is 2.65. The van der Waals surface area contributed by atoms with Crippen LogP contribution in [0.3, 0.4) is 0 Å². The van der Waals surface area contributed by atoms with Gasteiger partial charge in [0, 0.05) is 36.9 Å². The predicted molar refractivity (Wildman–Crippen MR) is 97.3 cm³/mol. The van der Waals surface area contributed by atoms with E-state index in [2.05, 4.69) is 39.0 Å². The number of hydrogen-bond acceptors (Lipinski definition) is 3. The van der Waals surface area contributed by atoms with Crippen molar-refractivity contribution in [1.82, 2.24) is 9.97 Å². The number of methoxy groups -OCH3 is 1. The van der Waals surface area contributed by atoms with E-state index in [1.807, 2.05) is 46.8 Å². The van der Waals surface area contributed by atoms with Gasteiger partial charge < -0.3 is 4.74 Å². The third-order valence-electron chi connectivity index (χ3n) is 2.63. The van der Waals surface area contributed by atoms with E-state index >= 15 is 0 Å². The monoisotopic (exact) mass is 300 g/mol. The number of rotatable bonds is 1. The fourth-order valence-corrected chi connectivity index (χ4v) is 1.68. The van der Waals surface area contributed by atoms with Crippen LogP contribution in [0.25, 0.3) is 21.8 Å². The maximum atomic E-state index is 4.54. The molecule has 0 aliphatic heterocycles. The van der Waals surface area contributed by atoms with E-state index in [0.29, 0.717) is 0 Å². The Morgan fingerprint density at radius 3 is 1.45 bits per heavy atom. The van der Waals surface area contributed by atoms with E-state index in [9.17, 15) is 0 Å². The summed E-state index contributed by atoms with van der Waals surface area (Å²) in [5.74, 6) is 0. The van der Waals surface area contributed by atoms with Gasteiger partial charge in [-0.3, -0.25) is 9.97 Å². The fraction of sp³-hybridized carbons (Fsp3) is 0.368. The van der Waals surface area contributed by atoms with Crippen LogP contribution in [-0.2, 0) is 4.74 Å². The molecule has 0 saturated heterocycles. The molecule has 0 radical (unpaired) electrons. The lowest BCUT2D eigenvalue weighted by Gasteiger charge is -2.00. The predicted octanol–water partition coefficient (Wildman–Crippen LogP) is 5.49. The lowest BCUT2D eigenvalue weighted by Crippen LogP contribution is -1.83. The summed E-state index contributed by atoms with van der Waals surface area (Å²) in [4.78, 5) is 8.69. The highest BCUT2D eigenvalue weighted by atomic mass is 16.5. The van der Waals surface area contributed by atoms with Gasteiger partial charge in [0.05, 0.1) is 11.0 Å². The Bertz CT molecular complexity index is 581. The molecule has 3 nitrogen and oxygen atoms in total. The topological polar surface area (TPSA) is 35.0 Å². The van der Waals surface area contributed by atoms with Gasteiger partial charge in [0.25, 0.3) is 0 Å². The van der Waals surface area contributed by atoms with Gasteiger partial charge in [0.2, 0.25) is 0 Å². The molecule has 0 aliphatic rings. The van der Waals surface area contributed by atoms with Gasteiger partial charge in [-0.2, -0.15) is 0 Å². The molecule has 0 amide bonds. The van der Waals surface area contributed by atoms with Gasteiger partial charge in [-0.15, -0.1) is 0 Å². The van der Waals surface area contributed by atoms with Crippen molar-refractivity contribution in [3.8, 4) is 0 Å². The van der Waals surface area contributed by atoms with Gasteiger partial charge >= 0.3 is 0 Å². The van der Waals surface area contributed by atoms with E-state index in [1.54, 1.807) is 19.5 Å². The van der Waals surface area contributed by atoms with Crippen LogP contribution in [0.4, 0.5) is 0 Å². The second-order valence-corrected chi connectivity index (χ2v) is 3.79. The molecule has 0 saturated carbocycles. The molecule has 3 aromatic rings. The van der Waals surface area contributed by atoms with E-state index in [0.717, 1.165) is 28.4 Å². The lowest BCUT2D eigenvalue weighted by molar-refractivity contribution is 0.215. The summed E-state index contributed by atoms with van der Waals surface area (Å²) in [6.45, 7) is 10.8. The van der Waals surface area contributed by atoms with Gasteiger partial charge in [0.1, 0.15) is 0 Å². The molecule has 0 fully saturated rings. The molecule has 120 valence electrons. The second kappa shape index (κ2) is 12.7. The zero-order valence-electron chi connectivity index (χ0n) is 14.6. The average molecular weight is 300 g/mol. The zero-order chi connectivity index (χ0) is 16.8. The molecule has 0 bridgehead atoms. The summed E-state index contributed by atoms with van der Waals surface area (Å²) in [6, 6.07) is 12.1. The smallest absolute Gasteiger partial charge is 0.0964 e. The molecule has 3 rings (SSSR count). The van der Waals surface area contributed by atoms with Crippen LogP contribution in [0.5, 0.6) is 0 Å². The van der Waals surface area contributed by atoms with E-state index in [1.165, 1.54) is 0 Å². The van der Waals surface area contributed by atoms with Crippen molar-refractivity contribution in [3.05, 3.63) is 48.8 Å². The van der Waals surface area contributed by atoms with Crippen molar-refractivity contribution in [2.45, 2.75) is 34.6 Å². The summed E-state index contributed by atoms with van der Waals surface area (Å²) in [5.41, 5.74) is 1.95. The van der Waals surface area contributed by atoms with Crippen LogP contribution < -0.4 is 0 Å². The Kier molecular flexibility index (Phi) is 11.6. The van der Waals surface area contributed by atoms with E-state index < -0.39 is 0 Å². The number of hydrogen-bond donors (Lipinski definition) is 0. The summed E-state index contributed by atoms with van der Waals surface area (Å²) in [7, 11) is 1.68. The molecule has 2 heterocycles. The minimum Gasteiger partial charge on any atom is -0.385 e. The molecule has 0 N–H and O–H groups in total. The van der Waals surface area contributed by atoms with Crippen LogP contribution >= 0.6 is 0 Å². The first-order valence-corrected chi connectivity index (χ1v) is 7.94. The number of ether oxygens (including phenoxy) is 1. The Morgan fingerprint density at radius 1 is 0.773 bits per heavy atom. The minimum atomic E-state index is 0.819. The van der Waals surface area contributed by atoms with Gasteiger partial charge in [-0.05, 0) is 19.1 Å². The molecule has 3 heteroatoms. The van der Waals surface area contributed by atoms with Crippen LogP contribution in [-0.4, -0.2) is 23.7 Å². The molecule has 1 aromatic carbocycles. The summed E-state index contributed by atoms with van der Waals surface area (Å²) in [5, 5.41) is 2.28. The van der Waals surface area contributed by atoms with Gasteiger partial charge in [0.15, 0.2) is 0 Å². The van der Waals surface area contributed by atoms with Crippen molar-refractivity contribution in [1.29, 1.82) is 0 Å². The number of benzene rings is 1. The fourth-order valence-electron chi connectivity index (χ4n) is 1.68. The molecular formula is C19H28N2O. The van der Waals surface area contributed by atoms with Gasteiger partial charge in [-0.25, -0.2) is 0 Å². The summed E-state index contributed by atoms with van der Waals surface area (Å²) < 4.78 is 4.54. The van der Waals surface area contributed by atoms with E-state index in [4.69, 9.17) is 0 Å². The number of fused-ring (bicyclic) bond motifs is 3. The maximum absolute atomic E-state index is 4.54. The Balaban J connectivity index is 0.000000476. The van der Waals surface area contributed by atoms with Crippen molar-refractivity contribution >= 4 is 21.8 Å². The Labute approximate surface area is 134 Å². The maximum Gasteiger partial charge on any atom is 0.0964 e. The molecule has 0 atom stereocenters. The van der Waals surface area contributed by atoms with Crippen molar-refractivity contribution < 1.29 is 4.74 Å². The van der Waals surface area contributed by atoms with Crippen molar-refractivity contribution in [2.75, 3.05) is 13.7 Å². The van der Waals surface area contributed by atoms with Crippen LogP contribution in [0.2, 0.25) is 0 Å². The van der Waals surface area contributed by atoms with E-state index in [-0.39, 0.29) is 0 Å². The molecule has 22 heavy (non-hydrogen) atoms. The second-order valence-electron chi connectivity index (χ2n) is 3.79. The van der Waals surface area contributed by atoms with Crippen LogP contribution in [0.1, 0.15) is 34.6 Å². The minimum absolute atomic E-state index is 0.819. The highest BCUT2D eigenvalue weighted by Crippen LogP contribution is 2.20. The normalized spacial score (nSPS) is 8.82. The number of pyridine rings is 2. The lowest BCUT2D eigenvalue weighted by atomic mass is 10.1. The third-order valence-corrected chi connectivity index (χ3v) is 2.63. The van der Waals surface area contributed by atoms with Crippen molar-refractivity contribution in [3.63, 3.8) is 0 Å². The zero-order valence-corrected chi connectivity index (χ0v) is 14.6. The third kappa shape index (κ3) is 5.78. The van der Waals surface area contributed by atoms with Crippen LogP contribution in [0, 0.1) is 0 Å². The first-order valence-electron chi connectivity index (χ1n) is 7.94. The first kappa shape index (κ1) is 20.0. The quantitative estimate of drug-likeness (QED) is 0.557. The SMILES string of the molecule is CC.CC.CCOC.c1cnc2c(c1)ccc1cccnc12. The van der Waals surface area contributed by atoms with Gasteiger partial charge in [-0.1, -0.05) is 52.0 Å². The Hall–Kier alpha value is -2.00. The highest BCUT2D eigenvalue weighted by molar-refractivity contribution is 6.02.